The standard InChI is InChI=1S/C17H14INO3/c18-15-5-2-1-4-14(15)17(21)22-13-9-7-12(8-10-13)19-11-3-6-16(19)20/h1-2,4-5,7-10H,3,6,11H2. The molecule has 1 aliphatic heterocycles. The molecule has 0 unspecified atom stereocenters. The number of halogens is 1. The van der Waals surface area contributed by atoms with Crippen LogP contribution in [0.15, 0.2) is 48.5 Å². The van der Waals surface area contributed by atoms with Gasteiger partial charge in [-0.3, -0.25) is 4.79 Å². The molecule has 0 saturated carbocycles. The van der Waals surface area contributed by atoms with Gasteiger partial charge in [-0.1, -0.05) is 12.1 Å². The SMILES string of the molecule is O=C(Oc1ccc(N2CCCC2=O)cc1)c1ccccc1I. The van der Waals surface area contributed by atoms with E-state index in [0.29, 0.717) is 17.7 Å². The summed E-state index contributed by atoms with van der Waals surface area (Å²) in [5, 5.41) is 0. The van der Waals surface area contributed by atoms with Gasteiger partial charge in [-0.25, -0.2) is 4.79 Å². The summed E-state index contributed by atoms with van der Waals surface area (Å²) in [6, 6.07) is 14.3. The van der Waals surface area contributed by atoms with Gasteiger partial charge in [0.25, 0.3) is 0 Å². The highest BCUT2D eigenvalue weighted by molar-refractivity contribution is 14.1. The smallest absolute Gasteiger partial charge is 0.344 e. The Bertz CT molecular complexity index is 712. The van der Waals surface area contributed by atoms with Crippen LogP contribution in [0.5, 0.6) is 5.75 Å². The highest BCUT2D eigenvalue weighted by Gasteiger charge is 2.21. The normalized spacial score (nSPS) is 14.2. The number of carbonyl (C=O) groups excluding carboxylic acids is 2. The van der Waals surface area contributed by atoms with E-state index in [-0.39, 0.29) is 11.9 Å². The van der Waals surface area contributed by atoms with E-state index >= 15 is 0 Å². The molecule has 22 heavy (non-hydrogen) atoms. The third kappa shape index (κ3) is 3.14. The van der Waals surface area contributed by atoms with Crippen LogP contribution in [0.4, 0.5) is 5.69 Å². The molecule has 1 aliphatic rings. The monoisotopic (exact) mass is 407 g/mol. The number of amides is 1. The maximum Gasteiger partial charge on any atom is 0.344 e. The van der Waals surface area contributed by atoms with Crippen molar-refractivity contribution in [3.63, 3.8) is 0 Å². The Labute approximate surface area is 142 Å². The maximum atomic E-state index is 12.1. The molecule has 0 N–H and O–H groups in total. The summed E-state index contributed by atoms with van der Waals surface area (Å²) in [6.07, 6.45) is 1.49. The van der Waals surface area contributed by atoms with E-state index in [9.17, 15) is 9.59 Å². The summed E-state index contributed by atoms with van der Waals surface area (Å²) in [7, 11) is 0. The summed E-state index contributed by atoms with van der Waals surface area (Å²) in [5.74, 6) is 0.235. The Morgan fingerprint density at radius 2 is 1.82 bits per heavy atom. The average Bonchev–Trinajstić information content (AvgIpc) is 2.94. The van der Waals surface area contributed by atoms with Gasteiger partial charge < -0.3 is 9.64 Å². The Morgan fingerprint density at radius 1 is 1.09 bits per heavy atom. The quantitative estimate of drug-likeness (QED) is 0.444. The molecule has 1 heterocycles. The number of ether oxygens (including phenoxy) is 1. The van der Waals surface area contributed by atoms with Crippen molar-refractivity contribution in [1.29, 1.82) is 0 Å². The summed E-state index contributed by atoms with van der Waals surface area (Å²) < 4.78 is 6.23. The Balaban J connectivity index is 1.72. The van der Waals surface area contributed by atoms with Crippen LogP contribution in [-0.4, -0.2) is 18.4 Å². The van der Waals surface area contributed by atoms with Gasteiger partial charge in [-0.05, 0) is 65.4 Å². The summed E-state index contributed by atoms with van der Waals surface area (Å²) in [6.45, 7) is 0.750. The second-order valence-corrected chi connectivity index (χ2v) is 6.17. The molecule has 4 nitrogen and oxygen atoms in total. The molecule has 2 aromatic carbocycles. The van der Waals surface area contributed by atoms with Gasteiger partial charge in [0.15, 0.2) is 0 Å². The zero-order valence-corrected chi connectivity index (χ0v) is 13.9. The molecule has 5 heteroatoms. The van der Waals surface area contributed by atoms with Gasteiger partial charge in [0, 0.05) is 22.2 Å². The van der Waals surface area contributed by atoms with E-state index < -0.39 is 0 Å². The number of carbonyl (C=O) groups is 2. The van der Waals surface area contributed by atoms with Crippen LogP contribution in [0.3, 0.4) is 0 Å². The predicted octanol–water partition coefficient (Wildman–Crippen LogP) is 3.64. The number of benzene rings is 2. The van der Waals surface area contributed by atoms with Gasteiger partial charge in [0.2, 0.25) is 5.91 Å². The Morgan fingerprint density at radius 3 is 2.45 bits per heavy atom. The largest absolute Gasteiger partial charge is 0.423 e. The lowest BCUT2D eigenvalue weighted by Crippen LogP contribution is -2.23. The highest BCUT2D eigenvalue weighted by atomic mass is 127. The van der Waals surface area contributed by atoms with E-state index in [4.69, 9.17) is 4.74 Å². The molecule has 0 atom stereocenters. The third-order valence-electron chi connectivity index (χ3n) is 3.53. The Kier molecular flexibility index (Phi) is 4.42. The van der Waals surface area contributed by atoms with Gasteiger partial charge in [-0.15, -0.1) is 0 Å². The summed E-state index contributed by atoms with van der Waals surface area (Å²) in [5.41, 5.74) is 1.39. The number of nitrogens with zero attached hydrogens (tertiary/aromatic N) is 1. The van der Waals surface area contributed by atoms with E-state index in [1.165, 1.54) is 0 Å². The number of rotatable bonds is 3. The molecule has 2 aromatic rings. The minimum atomic E-state index is -0.380. The lowest BCUT2D eigenvalue weighted by atomic mass is 10.2. The zero-order chi connectivity index (χ0) is 15.5. The molecule has 0 spiro atoms. The highest BCUT2D eigenvalue weighted by Crippen LogP contribution is 2.24. The van der Waals surface area contributed by atoms with Crippen molar-refractivity contribution in [3.8, 4) is 5.75 Å². The van der Waals surface area contributed by atoms with E-state index in [0.717, 1.165) is 22.2 Å². The number of esters is 1. The molecule has 1 fully saturated rings. The molecule has 112 valence electrons. The van der Waals surface area contributed by atoms with Crippen molar-refractivity contribution >= 4 is 40.2 Å². The van der Waals surface area contributed by atoms with Gasteiger partial charge in [0.1, 0.15) is 5.75 Å². The van der Waals surface area contributed by atoms with E-state index in [2.05, 4.69) is 22.6 Å². The molecule has 3 rings (SSSR count). The topological polar surface area (TPSA) is 46.6 Å². The fourth-order valence-corrected chi connectivity index (χ4v) is 3.01. The van der Waals surface area contributed by atoms with Gasteiger partial charge in [-0.2, -0.15) is 0 Å². The van der Waals surface area contributed by atoms with Crippen LogP contribution in [0.1, 0.15) is 23.2 Å². The van der Waals surface area contributed by atoms with Crippen LogP contribution in [0, 0.1) is 3.57 Å². The fourth-order valence-electron chi connectivity index (χ4n) is 2.40. The summed E-state index contributed by atoms with van der Waals surface area (Å²) >= 11 is 2.11. The maximum absolute atomic E-state index is 12.1. The van der Waals surface area contributed by atoms with Crippen LogP contribution < -0.4 is 9.64 Å². The van der Waals surface area contributed by atoms with Gasteiger partial charge in [0.05, 0.1) is 5.56 Å². The molecule has 1 saturated heterocycles. The molecule has 0 radical (unpaired) electrons. The zero-order valence-electron chi connectivity index (χ0n) is 11.8. The van der Waals surface area contributed by atoms with E-state index in [1.54, 1.807) is 29.2 Å². The average molecular weight is 407 g/mol. The molecule has 0 bridgehead atoms. The van der Waals surface area contributed by atoms with Crippen molar-refractivity contribution in [2.45, 2.75) is 12.8 Å². The predicted molar refractivity (Wildman–Crippen MR) is 92.1 cm³/mol. The third-order valence-corrected chi connectivity index (χ3v) is 4.47. The van der Waals surface area contributed by atoms with E-state index in [1.807, 2.05) is 24.3 Å². The van der Waals surface area contributed by atoms with Crippen molar-refractivity contribution < 1.29 is 14.3 Å². The number of hydrogen-bond donors (Lipinski definition) is 0. The summed E-state index contributed by atoms with van der Waals surface area (Å²) in [4.78, 5) is 25.6. The fraction of sp³-hybridized carbons (Fsp3) is 0.176. The second kappa shape index (κ2) is 6.48. The van der Waals surface area contributed by atoms with Crippen LogP contribution >= 0.6 is 22.6 Å². The molecular formula is C17H14INO3. The molecule has 0 aliphatic carbocycles. The lowest BCUT2D eigenvalue weighted by Gasteiger charge is -2.15. The Hall–Kier alpha value is -1.89. The molecular weight excluding hydrogens is 393 g/mol. The van der Waals surface area contributed by atoms with Crippen molar-refractivity contribution in [2.75, 3.05) is 11.4 Å². The van der Waals surface area contributed by atoms with Crippen molar-refractivity contribution in [3.05, 3.63) is 57.7 Å². The molecule has 0 aromatic heterocycles. The lowest BCUT2D eigenvalue weighted by molar-refractivity contribution is -0.117. The molecule has 1 amide bonds. The van der Waals surface area contributed by atoms with Gasteiger partial charge >= 0.3 is 5.97 Å². The first kappa shape index (κ1) is 15.0. The minimum absolute atomic E-state index is 0.142. The first-order chi connectivity index (χ1) is 10.6. The van der Waals surface area contributed by atoms with Crippen LogP contribution in [0.2, 0.25) is 0 Å². The van der Waals surface area contributed by atoms with Crippen LogP contribution in [-0.2, 0) is 4.79 Å². The van der Waals surface area contributed by atoms with Crippen LogP contribution in [0.25, 0.3) is 0 Å². The van der Waals surface area contributed by atoms with Crippen molar-refractivity contribution in [1.82, 2.24) is 0 Å². The minimum Gasteiger partial charge on any atom is -0.423 e. The first-order valence-corrected chi connectivity index (χ1v) is 8.10. The number of anilines is 1. The first-order valence-electron chi connectivity index (χ1n) is 7.02. The van der Waals surface area contributed by atoms with Crippen molar-refractivity contribution in [2.24, 2.45) is 0 Å². The number of hydrogen-bond acceptors (Lipinski definition) is 3. The second-order valence-electron chi connectivity index (χ2n) is 5.01.